The molecule has 1 amide bonds. The van der Waals surface area contributed by atoms with Crippen molar-refractivity contribution in [2.24, 2.45) is 12.0 Å². The Morgan fingerprint density at radius 1 is 1.36 bits per heavy atom. The van der Waals surface area contributed by atoms with Crippen LogP contribution in [0.25, 0.3) is 6.08 Å². The van der Waals surface area contributed by atoms with Crippen LogP contribution in [-0.2, 0) is 16.6 Å². The number of hydrogen-bond acceptors (Lipinski definition) is 3. The molecular weight excluding hydrogens is 278 g/mol. The fourth-order valence-electron chi connectivity index (χ4n) is 3.01. The van der Waals surface area contributed by atoms with Crippen LogP contribution in [-0.4, -0.2) is 34.0 Å². The van der Waals surface area contributed by atoms with Gasteiger partial charge in [-0.25, -0.2) is 4.99 Å². The Morgan fingerprint density at radius 2 is 2.14 bits per heavy atom. The number of hydrogen-bond donors (Lipinski definition) is 0. The average Bonchev–Trinajstić information content (AvgIpc) is 3.05. The van der Waals surface area contributed by atoms with Crippen molar-refractivity contribution in [2.75, 3.05) is 6.54 Å². The van der Waals surface area contributed by atoms with Gasteiger partial charge in [-0.1, -0.05) is 19.3 Å². The molecule has 0 N–H and O–H groups in total. The molecule has 1 aromatic heterocycles. The molecule has 0 unspecified atom stereocenters. The molecule has 0 bridgehead atoms. The molecule has 2 heterocycles. The summed E-state index contributed by atoms with van der Waals surface area (Å²) >= 11 is 0. The number of amidine groups is 1. The van der Waals surface area contributed by atoms with Crippen LogP contribution in [0, 0.1) is 0 Å². The van der Waals surface area contributed by atoms with E-state index in [9.17, 15) is 4.79 Å². The molecule has 3 rings (SSSR count). The summed E-state index contributed by atoms with van der Waals surface area (Å²) in [5, 5.41) is 0. The maximum atomic E-state index is 12.5. The van der Waals surface area contributed by atoms with Crippen molar-refractivity contribution in [1.29, 1.82) is 0 Å². The summed E-state index contributed by atoms with van der Waals surface area (Å²) < 4.78 is 7.74. The van der Waals surface area contributed by atoms with Gasteiger partial charge in [0, 0.05) is 31.6 Å². The van der Waals surface area contributed by atoms with Crippen molar-refractivity contribution < 1.29 is 9.53 Å². The maximum Gasteiger partial charge on any atom is 0.300 e. The highest BCUT2D eigenvalue weighted by molar-refractivity contribution is 6.11. The van der Waals surface area contributed by atoms with Gasteiger partial charge in [0.15, 0.2) is 5.76 Å². The van der Waals surface area contributed by atoms with Crippen molar-refractivity contribution in [1.82, 2.24) is 9.47 Å². The van der Waals surface area contributed by atoms with E-state index >= 15 is 0 Å². The highest BCUT2D eigenvalue weighted by atomic mass is 16.5. The van der Waals surface area contributed by atoms with E-state index in [2.05, 4.69) is 0 Å². The van der Waals surface area contributed by atoms with E-state index in [0.29, 0.717) is 24.4 Å². The minimum absolute atomic E-state index is 0.0988. The number of amides is 1. The lowest BCUT2D eigenvalue weighted by Crippen LogP contribution is -2.30. The van der Waals surface area contributed by atoms with E-state index < -0.39 is 0 Å². The normalized spacial score (nSPS) is 23.5. The quantitative estimate of drug-likeness (QED) is 0.806. The van der Waals surface area contributed by atoms with E-state index in [1.165, 1.54) is 19.3 Å². The number of aromatic nitrogens is 1. The molecule has 0 radical (unpaired) electrons. The number of nitrogens with zero attached hydrogens (tertiary/aromatic N) is 3. The highest BCUT2D eigenvalue weighted by Gasteiger charge is 2.34. The van der Waals surface area contributed by atoms with Crippen LogP contribution in [0.1, 0.15) is 44.7 Å². The first kappa shape index (κ1) is 14.9. The summed E-state index contributed by atoms with van der Waals surface area (Å²) in [4.78, 5) is 18.8. The number of aryl methyl sites for hydroxylation is 1. The van der Waals surface area contributed by atoms with Gasteiger partial charge in [0.2, 0.25) is 0 Å². The van der Waals surface area contributed by atoms with Gasteiger partial charge in [0.25, 0.3) is 5.91 Å². The molecule has 5 heteroatoms. The molecule has 22 heavy (non-hydrogen) atoms. The van der Waals surface area contributed by atoms with Crippen LogP contribution < -0.4 is 0 Å². The zero-order chi connectivity index (χ0) is 15.5. The van der Waals surface area contributed by atoms with E-state index in [-0.39, 0.29) is 5.91 Å². The Labute approximate surface area is 131 Å². The van der Waals surface area contributed by atoms with Crippen LogP contribution >= 0.6 is 0 Å². The molecule has 0 aromatic carbocycles. The van der Waals surface area contributed by atoms with Gasteiger partial charge in [0.05, 0.1) is 6.04 Å². The van der Waals surface area contributed by atoms with Crippen molar-refractivity contribution >= 4 is 18.0 Å². The minimum Gasteiger partial charge on any atom is -0.420 e. The number of aliphatic imine (C=N–C) groups is 1. The van der Waals surface area contributed by atoms with Gasteiger partial charge in [-0.05, 0) is 31.9 Å². The van der Waals surface area contributed by atoms with Crippen molar-refractivity contribution in [2.45, 2.75) is 45.1 Å². The summed E-state index contributed by atoms with van der Waals surface area (Å²) in [6.07, 6.45) is 9.64. The van der Waals surface area contributed by atoms with Crippen molar-refractivity contribution in [3.63, 3.8) is 0 Å². The van der Waals surface area contributed by atoms with E-state index in [1.54, 1.807) is 11.0 Å². The second-order valence-electron chi connectivity index (χ2n) is 5.91. The van der Waals surface area contributed by atoms with Gasteiger partial charge in [-0.2, -0.15) is 0 Å². The summed E-state index contributed by atoms with van der Waals surface area (Å²) in [5.74, 6) is 0.261. The lowest BCUT2D eigenvalue weighted by molar-refractivity contribution is -0.122. The zero-order valence-corrected chi connectivity index (χ0v) is 13.3. The smallest absolute Gasteiger partial charge is 0.300 e. The molecule has 1 saturated carbocycles. The molecule has 1 aliphatic carbocycles. The first-order valence-corrected chi connectivity index (χ1v) is 8.09. The first-order valence-electron chi connectivity index (χ1n) is 8.09. The van der Waals surface area contributed by atoms with Gasteiger partial charge in [0.1, 0.15) is 0 Å². The molecule has 2 aliphatic rings. The number of carbonyl (C=O) groups excluding carboxylic acids is 1. The van der Waals surface area contributed by atoms with Gasteiger partial charge in [-0.15, -0.1) is 0 Å². The Bertz CT molecular complexity index is 609. The minimum atomic E-state index is -0.0988. The van der Waals surface area contributed by atoms with Crippen LogP contribution in [0.5, 0.6) is 0 Å². The first-order chi connectivity index (χ1) is 10.7. The van der Waals surface area contributed by atoms with Crippen LogP contribution in [0.3, 0.4) is 0 Å². The van der Waals surface area contributed by atoms with Crippen LogP contribution in [0.15, 0.2) is 29.1 Å². The van der Waals surface area contributed by atoms with E-state index in [4.69, 9.17) is 9.73 Å². The highest BCUT2D eigenvalue weighted by Crippen LogP contribution is 2.24. The van der Waals surface area contributed by atoms with E-state index in [0.717, 1.165) is 18.5 Å². The van der Waals surface area contributed by atoms with Crippen molar-refractivity contribution in [3.05, 3.63) is 29.8 Å². The van der Waals surface area contributed by atoms with Gasteiger partial charge < -0.3 is 9.30 Å². The monoisotopic (exact) mass is 301 g/mol. The maximum absolute atomic E-state index is 12.5. The fraction of sp³-hybridized carbons (Fsp3) is 0.529. The summed E-state index contributed by atoms with van der Waals surface area (Å²) in [5.41, 5.74) is 0.943. The number of likely N-dealkylation sites (N-methyl/N-ethyl adjacent to an activating group) is 1. The van der Waals surface area contributed by atoms with Crippen LogP contribution in [0.4, 0.5) is 0 Å². The molecule has 118 valence electrons. The molecule has 1 saturated heterocycles. The summed E-state index contributed by atoms with van der Waals surface area (Å²) in [7, 11) is 1.94. The number of ether oxygens (including phenoxy) is 1. The second-order valence-corrected chi connectivity index (χ2v) is 5.91. The zero-order valence-electron chi connectivity index (χ0n) is 13.3. The van der Waals surface area contributed by atoms with Crippen LogP contribution in [0.2, 0.25) is 0 Å². The third kappa shape index (κ3) is 2.93. The third-order valence-corrected chi connectivity index (χ3v) is 4.33. The Hall–Kier alpha value is -2.04. The number of rotatable bonds is 3. The average molecular weight is 301 g/mol. The lowest BCUT2D eigenvalue weighted by atomic mass is 9.96. The van der Waals surface area contributed by atoms with Gasteiger partial charge >= 0.3 is 6.02 Å². The predicted octanol–water partition coefficient (Wildman–Crippen LogP) is 2.93. The standard InChI is InChI=1S/C17H23N3O2/c1-3-20-16(21)15(12-14-10-7-11-19(14)2)22-17(20)18-13-8-5-4-6-9-13/h7,10-13H,3-6,8-9H2,1-2H3/b15-12+,18-17+. The fourth-order valence-corrected chi connectivity index (χ4v) is 3.01. The van der Waals surface area contributed by atoms with E-state index in [1.807, 2.05) is 36.9 Å². The predicted molar refractivity (Wildman–Crippen MR) is 86.2 cm³/mol. The molecule has 5 nitrogen and oxygen atoms in total. The SMILES string of the molecule is CCN1C(=O)/C(=C\c2cccn2C)O/C1=N/C1CCCCC1. The lowest BCUT2D eigenvalue weighted by Gasteiger charge is -2.19. The molecular formula is C17H23N3O2. The molecule has 2 fully saturated rings. The largest absolute Gasteiger partial charge is 0.420 e. The molecule has 1 aromatic rings. The Balaban J connectivity index is 1.83. The second kappa shape index (κ2) is 6.38. The molecule has 0 spiro atoms. The Kier molecular flexibility index (Phi) is 4.32. The third-order valence-electron chi connectivity index (χ3n) is 4.33. The van der Waals surface area contributed by atoms with Crippen molar-refractivity contribution in [3.8, 4) is 0 Å². The molecule has 0 atom stereocenters. The topological polar surface area (TPSA) is 46.8 Å². The summed E-state index contributed by atoms with van der Waals surface area (Å²) in [6.45, 7) is 2.53. The molecule has 1 aliphatic heterocycles. The number of carbonyl (C=O) groups is 1. The Morgan fingerprint density at radius 3 is 2.77 bits per heavy atom. The summed E-state index contributed by atoms with van der Waals surface area (Å²) in [6, 6.07) is 4.66. The van der Waals surface area contributed by atoms with Gasteiger partial charge in [-0.3, -0.25) is 9.69 Å².